The Bertz CT molecular complexity index is 429. The fraction of sp³-hybridized carbons (Fsp3) is 0.533. The zero-order chi connectivity index (χ0) is 15.1. The molecule has 5 nitrogen and oxygen atoms in total. The first-order valence-electron chi connectivity index (χ1n) is 6.59. The Balaban J connectivity index is 3.06. The number of methoxy groups -OCH3 is 2. The van der Waals surface area contributed by atoms with Gasteiger partial charge < -0.3 is 18.9 Å². The number of carbonyl (C=O) groups is 1. The Morgan fingerprint density at radius 2 is 1.70 bits per heavy atom. The van der Waals surface area contributed by atoms with Gasteiger partial charge in [-0.2, -0.15) is 0 Å². The molecule has 0 spiro atoms. The summed E-state index contributed by atoms with van der Waals surface area (Å²) < 4.78 is 21.2. The summed E-state index contributed by atoms with van der Waals surface area (Å²) in [6.07, 6.45) is 0. The first-order valence-corrected chi connectivity index (χ1v) is 6.59. The average Bonchev–Trinajstić information content (AvgIpc) is 2.44. The maximum Gasteiger partial charge on any atom is 0.338 e. The van der Waals surface area contributed by atoms with E-state index < -0.39 is 5.97 Å². The van der Waals surface area contributed by atoms with Gasteiger partial charge in [-0.1, -0.05) is 13.8 Å². The van der Waals surface area contributed by atoms with Crippen LogP contribution in [0.4, 0.5) is 0 Å². The van der Waals surface area contributed by atoms with Crippen LogP contribution in [0, 0.1) is 5.92 Å². The molecule has 0 aliphatic rings. The maximum absolute atomic E-state index is 12.0. The molecule has 0 amide bonds. The summed E-state index contributed by atoms with van der Waals surface area (Å²) >= 11 is 0. The molecule has 1 aromatic rings. The molecular weight excluding hydrogens is 260 g/mol. The minimum atomic E-state index is -0.404. The van der Waals surface area contributed by atoms with Gasteiger partial charge in [-0.15, -0.1) is 0 Å². The standard InChI is InChI=1S/C15H22O5/c1-6-19-14-12(17-4)7-11(8-13(14)18-5)15(16)20-9-10(2)3/h7-8,10H,6,9H2,1-5H3. The number of carbonyl (C=O) groups excluding carboxylic acids is 1. The number of ether oxygens (including phenoxy) is 4. The Morgan fingerprint density at radius 3 is 2.10 bits per heavy atom. The number of benzene rings is 1. The van der Waals surface area contributed by atoms with Crippen molar-refractivity contribution >= 4 is 5.97 Å². The summed E-state index contributed by atoms with van der Waals surface area (Å²) in [7, 11) is 3.03. The number of esters is 1. The molecule has 0 aliphatic heterocycles. The van der Waals surface area contributed by atoms with Crippen LogP contribution in [-0.2, 0) is 4.74 Å². The molecule has 0 N–H and O–H groups in total. The second kappa shape index (κ2) is 7.62. The van der Waals surface area contributed by atoms with Crippen LogP contribution in [-0.4, -0.2) is 33.4 Å². The summed E-state index contributed by atoms with van der Waals surface area (Å²) in [5.41, 5.74) is 0.378. The number of hydrogen-bond donors (Lipinski definition) is 0. The third-order valence-electron chi connectivity index (χ3n) is 2.53. The van der Waals surface area contributed by atoms with Gasteiger partial charge in [0.15, 0.2) is 11.5 Å². The Kier molecular flexibility index (Phi) is 6.15. The van der Waals surface area contributed by atoms with Crippen molar-refractivity contribution in [2.24, 2.45) is 5.92 Å². The molecule has 0 fully saturated rings. The van der Waals surface area contributed by atoms with Crippen molar-refractivity contribution in [3.63, 3.8) is 0 Å². The topological polar surface area (TPSA) is 54.0 Å². The van der Waals surface area contributed by atoms with Crippen molar-refractivity contribution in [2.75, 3.05) is 27.4 Å². The summed E-state index contributed by atoms with van der Waals surface area (Å²) in [6, 6.07) is 3.19. The molecule has 0 atom stereocenters. The van der Waals surface area contributed by atoms with E-state index in [1.807, 2.05) is 20.8 Å². The Labute approximate surface area is 119 Å². The molecular formula is C15H22O5. The van der Waals surface area contributed by atoms with Crippen LogP contribution in [0.2, 0.25) is 0 Å². The van der Waals surface area contributed by atoms with E-state index in [0.29, 0.717) is 36.0 Å². The minimum Gasteiger partial charge on any atom is -0.493 e. The van der Waals surface area contributed by atoms with E-state index in [4.69, 9.17) is 18.9 Å². The van der Waals surface area contributed by atoms with E-state index in [1.165, 1.54) is 14.2 Å². The van der Waals surface area contributed by atoms with Gasteiger partial charge in [0.1, 0.15) is 0 Å². The zero-order valence-electron chi connectivity index (χ0n) is 12.7. The fourth-order valence-corrected chi connectivity index (χ4v) is 1.61. The molecule has 5 heteroatoms. The molecule has 0 saturated carbocycles. The first-order chi connectivity index (χ1) is 9.53. The van der Waals surface area contributed by atoms with E-state index in [0.717, 1.165) is 0 Å². The predicted octanol–water partition coefficient (Wildman–Crippen LogP) is 2.92. The van der Waals surface area contributed by atoms with E-state index in [-0.39, 0.29) is 5.92 Å². The Morgan fingerprint density at radius 1 is 1.15 bits per heavy atom. The first kappa shape index (κ1) is 16.1. The normalized spacial score (nSPS) is 10.3. The van der Waals surface area contributed by atoms with Gasteiger partial charge in [0.05, 0.1) is 33.0 Å². The van der Waals surface area contributed by atoms with Gasteiger partial charge in [0, 0.05) is 0 Å². The van der Waals surface area contributed by atoms with Crippen LogP contribution in [0.15, 0.2) is 12.1 Å². The quantitative estimate of drug-likeness (QED) is 0.720. The van der Waals surface area contributed by atoms with Crippen LogP contribution in [0.1, 0.15) is 31.1 Å². The summed E-state index contributed by atoms with van der Waals surface area (Å²) in [5.74, 6) is 1.26. The maximum atomic E-state index is 12.0. The predicted molar refractivity (Wildman–Crippen MR) is 75.8 cm³/mol. The smallest absolute Gasteiger partial charge is 0.338 e. The monoisotopic (exact) mass is 282 g/mol. The van der Waals surface area contributed by atoms with Crippen LogP contribution >= 0.6 is 0 Å². The highest BCUT2D eigenvalue weighted by Gasteiger charge is 2.18. The highest BCUT2D eigenvalue weighted by molar-refractivity contribution is 5.91. The van der Waals surface area contributed by atoms with Gasteiger partial charge in [-0.05, 0) is 25.0 Å². The lowest BCUT2D eigenvalue weighted by atomic mass is 10.1. The number of hydrogen-bond acceptors (Lipinski definition) is 5. The number of rotatable bonds is 7. The van der Waals surface area contributed by atoms with Gasteiger partial charge in [-0.3, -0.25) is 0 Å². The van der Waals surface area contributed by atoms with Crippen molar-refractivity contribution in [2.45, 2.75) is 20.8 Å². The molecule has 0 saturated heterocycles. The molecule has 0 bridgehead atoms. The third-order valence-corrected chi connectivity index (χ3v) is 2.53. The molecule has 1 rings (SSSR count). The highest BCUT2D eigenvalue weighted by atomic mass is 16.5. The van der Waals surface area contributed by atoms with Crippen molar-refractivity contribution in [1.82, 2.24) is 0 Å². The van der Waals surface area contributed by atoms with E-state index in [2.05, 4.69) is 0 Å². The minimum absolute atomic E-state index is 0.283. The molecule has 0 radical (unpaired) electrons. The molecule has 0 heterocycles. The van der Waals surface area contributed by atoms with Crippen molar-refractivity contribution in [3.8, 4) is 17.2 Å². The van der Waals surface area contributed by atoms with Gasteiger partial charge in [-0.25, -0.2) is 4.79 Å². The van der Waals surface area contributed by atoms with Gasteiger partial charge >= 0.3 is 5.97 Å². The van der Waals surface area contributed by atoms with Crippen LogP contribution in [0.25, 0.3) is 0 Å². The van der Waals surface area contributed by atoms with Crippen LogP contribution in [0.5, 0.6) is 17.2 Å². The summed E-state index contributed by atoms with van der Waals surface area (Å²) in [4.78, 5) is 12.0. The molecule has 0 unspecified atom stereocenters. The van der Waals surface area contributed by atoms with E-state index in [9.17, 15) is 4.79 Å². The summed E-state index contributed by atoms with van der Waals surface area (Å²) in [5, 5.41) is 0. The zero-order valence-corrected chi connectivity index (χ0v) is 12.7. The van der Waals surface area contributed by atoms with Crippen molar-refractivity contribution in [3.05, 3.63) is 17.7 Å². The third kappa shape index (κ3) is 4.05. The molecule has 0 aliphatic carbocycles. The largest absolute Gasteiger partial charge is 0.493 e. The molecule has 20 heavy (non-hydrogen) atoms. The second-order valence-corrected chi connectivity index (χ2v) is 4.64. The van der Waals surface area contributed by atoms with E-state index >= 15 is 0 Å². The van der Waals surface area contributed by atoms with Crippen molar-refractivity contribution in [1.29, 1.82) is 0 Å². The summed E-state index contributed by atoms with van der Waals surface area (Å²) in [6.45, 7) is 6.67. The van der Waals surface area contributed by atoms with Gasteiger partial charge in [0.2, 0.25) is 5.75 Å². The van der Waals surface area contributed by atoms with Gasteiger partial charge in [0.25, 0.3) is 0 Å². The lowest BCUT2D eigenvalue weighted by Gasteiger charge is -2.15. The lowest BCUT2D eigenvalue weighted by Crippen LogP contribution is -2.11. The highest BCUT2D eigenvalue weighted by Crippen LogP contribution is 2.38. The second-order valence-electron chi connectivity index (χ2n) is 4.64. The molecule has 0 aromatic heterocycles. The lowest BCUT2D eigenvalue weighted by molar-refractivity contribution is 0.0458. The van der Waals surface area contributed by atoms with Crippen LogP contribution < -0.4 is 14.2 Å². The van der Waals surface area contributed by atoms with E-state index in [1.54, 1.807) is 12.1 Å². The van der Waals surface area contributed by atoms with Crippen LogP contribution in [0.3, 0.4) is 0 Å². The average molecular weight is 282 g/mol. The molecule has 112 valence electrons. The molecule has 1 aromatic carbocycles. The SMILES string of the molecule is CCOc1c(OC)cc(C(=O)OCC(C)C)cc1OC. The van der Waals surface area contributed by atoms with Crippen molar-refractivity contribution < 1.29 is 23.7 Å². The fourth-order valence-electron chi connectivity index (χ4n) is 1.61. The Hall–Kier alpha value is -1.91.